The standard InChI is InChI=1S/C14H13F2NO/c15-11-7-12(16)9-13(8-11)18-6-5-10-3-1-2-4-14(10)17/h1-4,7-9H,5-6,17H2. The largest absolute Gasteiger partial charge is 0.493 e. The van der Waals surface area contributed by atoms with Gasteiger partial charge in [0.2, 0.25) is 0 Å². The van der Waals surface area contributed by atoms with Gasteiger partial charge in [-0.25, -0.2) is 8.78 Å². The van der Waals surface area contributed by atoms with Gasteiger partial charge in [-0.2, -0.15) is 0 Å². The minimum Gasteiger partial charge on any atom is -0.493 e. The van der Waals surface area contributed by atoms with E-state index in [0.29, 0.717) is 18.7 Å². The normalized spacial score (nSPS) is 10.3. The van der Waals surface area contributed by atoms with Gasteiger partial charge in [-0.15, -0.1) is 0 Å². The predicted molar refractivity (Wildman–Crippen MR) is 66.4 cm³/mol. The average Bonchev–Trinajstić information content (AvgIpc) is 2.30. The minimum atomic E-state index is -0.649. The molecule has 0 aliphatic rings. The van der Waals surface area contributed by atoms with E-state index in [9.17, 15) is 8.78 Å². The van der Waals surface area contributed by atoms with Gasteiger partial charge in [0.1, 0.15) is 17.4 Å². The van der Waals surface area contributed by atoms with Crippen molar-refractivity contribution >= 4 is 5.69 Å². The fraction of sp³-hybridized carbons (Fsp3) is 0.143. The highest BCUT2D eigenvalue weighted by molar-refractivity contribution is 5.46. The number of hydrogen-bond acceptors (Lipinski definition) is 2. The summed E-state index contributed by atoms with van der Waals surface area (Å²) in [5.41, 5.74) is 7.41. The first-order valence-corrected chi connectivity index (χ1v) is 5.57. The van der Waals surface area contributed by atoms with Crippen LogP contribution in [0, 0.1) is 11.6 Å². The highest BCUT2D eigenvalue weighted by Gasteiger charge is 2.02. The molecule has 2 rings (SSSR count). The van der Waals surface area contributed by atoms with E-state index in [2.05, 4.69) is 0 Å². The van der Waals surface area contributed by atoms with Gasteiger partial charge in [0.15, 0.2) is 0 Å². The van der Waals surface area contributed by atoms with E-state index < -0.39 is 11.6 Å². The van der Waals surface area contributed by atoms with Crippen LogP contribution in [0.5, 0.6) is 5.75 Å². The molecule has 0 spiro atoms. The molecule has 0 fully saturated rings. The van der Waals surface area contributed by atoms with Gasteiger partial charge >= 0.3 is 0 Å². The number of benzene rings is 2. The van der Waals surface area contributed by atoms with Crippen molar-refractivity contribution in [2.24, 2.45) is 0 Å². The van der Waals surface area contributed by atoms with Crippen LogP contribution in [0.25, 0.3) is 0 Å². The van der Waals surface area contributed by atoms with Crippen LogP contribution in [0.1, 0.15) is 5.56 Å². The van der Waals surface area contributed by atoms with E-state index in [1.807, 2.05) is 18.2 Å². The highest BCUT2D eigenvalue weighted by atomic mass is 19.1. The molecule has 0 bridgehead atoms. The number of anilines is 1. The van der Waals surface area contributed by atoms with Crippen molar-refractivity contribution < 1.29 is 13.5 Å². The van der Waals surface area contributed by atoms with Gasteiger partial charge in [-0.05, 0) is 11.6 Å². The lowest BCUT2D eigenvalue weighted by molar-refractivity contribution is 0.318. The second kappa shape index (κ2) is 5.49. The van der Waals surface area contributed by atoms with Crippen molar-refractivity contribution in [1.29, 1.82) is 0 Å². The first kappa shape index (κ1) is 12.4. The molecule has 0 radical (unpaired) electrons. The van der Waals surface area contributed by atoms with Crippen molar-refractivity contribution in [3.05, 3.63) is 59.7 Å². The Hall–Kier alpha value is -2.10. The molecule has 2 N–H and O–H groups in total. The van der Waals surface area contributed by atoms with Gasteiger partial charge in [0, 0.05) is 30.3 Å². The first-order chi connectivity index (χ1) is 8.65. The molecule has 0 aromatic heterocycles. The summed E-state index contributed by atoms with van der Waals surface area (Å²) < 4.78 is 31.1. The fourth-order valence-corrected chi connectivity index (χ4v) is 1.65. The molecule has 94 valence electrons. The van der Waals surface area contributed by atoms with Crippen molar-refractivity contribution in [2.45, 2.75) is 6.42 Å². The van der Waals surface area contributed by atoms with Crippen LogP contribution in [0.15, 0.2) is 42.5 Å². The fourth-order valence-electron chi connectivity index (χ4n) is 1.65. The molecule has 0 amide bonds. The Kier molecular flexibility index (Phi) is 3.77. The molecule has 0 atom stereocenters. The molecule has 0 saturated carbocycles. The molecule has 0 aliphatic heterocycles. The minimum absolute atomic E-state index is 0.182. The van der Waals surface area contributed by atoms with Gasteiger partial charge in [0.05, 0.1) is 6.61 Å². The average molecular weight is 249 g/mol. The lowest BCUT2D eigenvalue weighted by Gasteiger charge is -2.08. The zero-order chi connectivity index (χ0) is 13.0. The molecule has 2 nitrogen and oxygen atoms in total. The second-order valence-electron chi connectivity index (χ2n) is 3.90. The van der Waals surface area contributed by atoms with Crippen molar-refractivity contribution in [3.63, 3.8) is 0 Å². The SMILES string of the molecule is Nc1ccccc1CCOc1cc(F)cc(F)c1. The number of ether oxygens (including phenoxy) is 1. The third kappa shape index (κ3) is 3.20. The number of halogens is 2. The van der Waals surface area contributed by atoms with Gasteiger partial charge in [-0.1, -0.05) is 18.2 Å². The number of rotatable bonds is 4. The van der Waals surface area contributed by atoms with Crippen molar-refractivity contribution in [3.8, 4) is 5.75 Å². The van der Waals surface area contributed by atoms with Crippen LogP contribution in [0.3, 0.4) is 0 Å². The van der Waals surface area contributed by atoms with E-state index in [1.54, 1.807) is 6.07 Å². The summed E-state index contributed by atoms with van der Waals surface area (Å²) in [6.45, 7) is 0.317. The molecule has 0 heterocycles. The summed E-state index contributed by atoms with van der Waals surface area (Å²) in [6.07, 6.45) is 0.588. The molecule has 4 heteroatoms. The van der Waals surface area contributed by atoms with Gasteiger partial charge < -0.3 is 10.5 Å². The van der Waals surface area contributed by atoms with Gasteiger partial charge in [-0.3, -0.25) is 0 Å². The first-order valence-electron chi connectivity index (χ1n) is 5.57. The molecule has 18 heavy (non-hydrogen) atoms. The van der Waals surface area contributed by atoms with Crippen LogP contribution in [-0.2, 0) is 6.42 Å². The Morgan fingerprint density at radius 2 is 1.67 bits per heavy atom. The third-order valence-corrected chi connectivity index (χ3v) is 2.53. The number of hydrogen-bond donors (Lipinski definition) is 1. The zero-order valence-electron chi connectivity index (χ0n) is 9.70. The van der Waals surface area contributed by atoms with E-state index >= 15 is 0 Å². The molecule has 0 aliphatic carbocycles. The maximum Gasteiger partial charge on any atom is 0.129 e. The van der Waals surface area contributed by atoms with E-state index in [0.717, 1.165) is 23.8 Å². The van der Waals surface area contributed by atoms with Crippen LogP contribution in [-0.4, -0.2) is 6.61 Å². The number of nitrogens with two attached hydrogens (primary N) is 1. The molecule has 2 aromatic carbocycles. The quantitative estimate of drug-likeness (QED) is 0.845. The maximum atomic E-state index is 12.9. The molecule has 0 saturated heterocycles. The Bertz CT molecular complexity index is 523. The Morgan fingerprint density at radius 1 is 1.00 bits per heavy atom. The van der Waals surface area contributed by atoms with Crippen molar-refractivity contribution in [1.82, 2.24) is 0 Å². The van der Waals surface area contributed by atoms with Crippen LogP contribution >= 0.6 is 0 Å². The molecule has 2 aromatic rings. The maximum absolute atomic E-state index is 12.9. The van der Waals surface area contributed by atoms with E-state index in [-0.39, 0.29) is 5.75 Å². The van der Waals surface area contributed by atoms with E-state index in [4.69, 9.17) is 10.5 Å². The van der Waals surface area contributed by atoms with Crippen LogP contribution < -0.4 is 10.5 Å². The van der Waals surface area contributed by atoms with Crippen LogP contribution in [0.2, 0.25) is 0 Å². The molecular weight excluding hydrogens is 236 g/mol. The van der Waals surface area contributed by atoms with Gasteiger partial charge in [0.25, 0.3) is 0 Å². The highest BCUT2D eigenvalue weighted by Crippen LogP contribution is 2.16. The summed E-state index contributed by atoms with van der Waals surface area (Å²) in [4.78, 5) is 0. The summed E-state index contributed by atoms with van der Waals surface area (Å²) in [7, 11) is 0. The van der Waals surface area contributed by atoms with Crippen molar-refractivity contribution in [2.75, 3.05) is 12.3 Å². The Labute approximate surface area is 104 Å². The van der Waals surface area contributed by atoms with E-state index in [1.165, 1.54) is 0 Å². The predicted octanol–water partition coefficient (Wildman–Crippen LogP) is 3.17. The monoisotopic (exact) mass is 249 g/mol. The molecule has 0 unspecified atom stereocenters. The Balaban J connectivity index is 1.94. The van der Waals surface area contributed by atoms with Crippen LogP contribution in [0.4, 0.5) is 14.5 Å². The summed E-state index contributed by atoms with van der Waals surface area (Å²) in [5.74, 6) is -1.12. The lowest BCUT2D eigenvalue weighted by Crippen LogP contribution is -2.04. The topological polar surface area (TPSA) is 35.2 Å². The number of nitrogen functional groups attached to an aromatic ring is 1. The summed E-state index contributed by atoms with van der Waals surface area (Å²) >= 11 is 0. The number of para-hydroxylation sites is 1. The summed E-state index contributed by atoms with van der Waals surface area (Å²) in [5, 5.41) is 0. The lowest BCUT2D eigenvalue weighted by atomic mass is 10.1. The summed E-state index contributed by atoms with van der Waals surface area (Å²) in [6, 6.07) is 10.5. The third-order valence-electron chi connectivity index (χ3n) is 2.53. The smallest absolute Gasteiger partial charge is 0.129 e. The molecular formula is C14H13F2NO. The Morgan fingerprint density at radius 3 is 2.33 bits per heavy atom. The zero-order valence-corrected chi connectivity index (χ0v) is 9.70. The second-order valence-corrected chi connectivity index (χ2v) is 3.90.